The molecule has 1 heterocycles. The van der Waals surface area contributed by atoms with Crippen LogP contribution in [0, 0.1) is 0 Å². The number of hydrogen-bond acceptors (Lipinski definition) is 5. The van der Waals surface area contributed by atoms with E-state index in [4.69, 9.17) is 14.6 Å². The minimum absolute atomic E-state index is 0.00894. The highest BCUT2D eigenvalue weighted by molar-refractivity contribution is 5.73. The average molecular weight is 206 g/mol. The first-order valence-electron chi connectivity index (χ1n) is 4.29. The third-order valence-corrected chi connectivity index (χ3v) is 2.16. The summed E-state index contributed by atoms with van der Waals surface area (Å²) in [6, 6.07) is 0. The molecule has 0 aromatic heterocycles. The van der Waals surface area contributed by atoms with Gasteiger partial charge in [0.1, 0.15) is 6.10 Å². The van der Waals surface area contributed by atoms with Crippen LogP contribution in [0.3, 0.4) is 0 Å². The number of carbonyl (C=O) groups is 1. The molecule has 1 aliphatic heterocycles. The molecule has 6 heteroatoms. The highest BCUT2D eigenvalue weighted by Crippen LogP contribution is 2.20. The van der Waals surface area contributed by atoms with Crippen LogP contribution in [0.4, 0.5) is 0 Å². The van der Waals surface area contributed by atoms with Gasteiger partial charge in [-0.15, -0.1) is 0 Å². The molecule has 1 rings (SSSR count). The van der Waals surface area contributed by atoms with Crippen molar-refractivity contribution in [1.29, 1.82) is 0 Å². The highest BCUT2D eigenvalue weighted by Gasteiger charge is 2.40. The number of aliphatic hydroxyl groups excluding tert-OH is 2. The highest BCUT2D eigenvalue weighted by atomic mass is 16.6. The van der Waals surface area contributed by atoms with Crippen LogP contribution >= 0.6 is 0 Å². The van der Waals surface area contributed by atoms with Gasteiger partial charge in [-0.05, 0) is 0 Å². The molecule has 0 bridgehead atoms. The lowest BCUT2D eigenvalue weighted by Gasteiger charge is -2.34. The lowest BCUT2D eigenvalue weighted by atomic mass is 9.98. The van der Waals surface area contributed by atoms with Crippen molar-refractivity contribution in [2.75, 3.05) is 13.7 Å². The summed E-state index contributed by atoms with van der Waals surface area (Å²) in [5.41, 5.74) is 0. The van der Waals surface area contributed by atoms with Crippen LogP contribution in [-0.2, 0) is 14.3 Å². The van der Waals surface area contributed by atoms with E-state index in [2.05, 4.69) is 0 Å². The maximum Gasteiger partial charge on any atom is 0.335 e. The Balaban J connectivity index is 2.60. The first kappa shape index (κ1) is 11.4. The summed E-state index contributed by atoms with van der Waals surface area (Å²) in [5.74, 6) is -1.23. The predicted octanol–water partition coefficient (Wildman–Crippen LogP) is -1.40. The first-order chi connectivity index (χ1) is 6.56. The van der Waals surface area contributed by atoms with Gasteiger partial charge in [-0.25, -0.2) is 4.79 Å². The van der Waals surface area contributed by atoms with E-state index in [0.29, 0.717) is 0 Å². The van der Waals surface area contributed by atoms with Gasteiger partial charge in [0.25, 0.3) is 0 Å². The van der Waals surface area contributed by atoms with Crippen LogP contribution in [-0.4, -0.2) is 59.4 Å². The number of ether oxygens (including phenoxy) is 2. The number of aliphatic carboxylic acids is 1. The van der Waals surface area contributed by atoms with Gasteiger partial charge in [0.05, 0.1) is 18.8 Å². The molecule has 0 radical (unpaired) electrons. The first-order valence-corrected chi connectivity index (χ1v) is 4.29. The summed E-state index contributed by atoms with van der Waals surface area (Å²) < 4.78 is 9.74. The number of aliphatic hydroxyl groups is 2. The second kappa shape index (κ2) is 4.70. The molecule has 1 saturated heterocycles. The summed E-state index contributed by atoms with van der Waals surface area (Å²) in [6.07, 6.45) is -4.04. The number of carboxylic acid groups (broad SMARTS) is 1. The Hall–Kier alpha value is -0.690. The van der Waals surface area contributed by atoms with Crippen molar-refractivity contribution in [3.8, 4) is 0 Å². The standard InChI is InChI=1S/C8H14O6/c1-13-3-6-4(9)2-5(10)7(14-6)8(11)12/h4-7,9-10H,2-3H2,1H3,(H,11,12). The number of methoxy groups -OCH3 is 1. The second-order valence-corrected chi connectivity index (χ2v) is 3.26. The Morgan fingerprint density at radius 2 is 2.14 bits per heavy atom. The smallest absolute Gasteiger partial charge is 0.335 e. The van der Waals surface area contributed by atoms with E-state index in [1.807, 2.05) is 0 Å². The molecule has 3 N–H and O–H groups in total. The van der Waals surface area contributed by atoms with E-state index in [-0.39, 0.29) is 13.0 Å². The fourth-order valence-electron chi connectivity index (χ4n) is 1.43. The minimum Gasteiger partial charge on any atom is -0.479 e. The van der Waals surface area contributed by atoms with Gasteiger partial charge in [0.2, 0.25) is 0 Å². The molecule has 4 unspecified atom stereocenters. The van der Waals surface area contributed by atoms with Gasteiger partial charge in [0, 0.05) is 13.5 Å². The summed E-state index contributed by atoms with van der Waals surface area (Å²) in [7, 11) is 1.43. The van der Waals surface area contributed by atoms with Crippen LogP contribution in [0.1, 0.15) is 6.42 Å². The Bertz CT molecular complexity index is 206. The minimum atomic E-state index is -1.28. The zero-order chi connectivity index (χ0) is 10.7. The van der Waals surface area contributed by atoms with E-state index in [1.165, 1.54) is 7.11 Å². The Kier molecular flexibility index (Phi) is 3.82. The lowest BCUT2D eigenvalue weighted by Crippen LogP contribution is -2.51. The van der Waals surface area contributed by atoms with Crippen molar-refractivity contribution in [1.82, 2.24) is 0 Å². The molecule has 0 spiro atoms. The molecule has 14 heavy (non-hydrogen) atoms. The summed E-state index contributed by atoms with van der Waals surface area (Å²) in [6.45, 7) is 0.109. The van der Waals surface area contributed by atoms with Gasteiger partial charge in [-0.1, -0.05) is 0 Å². The Morgan fingerprint density at radius 1 is 1.50 bits per heavy atom. The zero-order valence-corrected chi connectivity index (χ0v) is 7.79. The molecule has 6 nitrogen and oxygen atoms in total. The van der Waals surface area contributed by atoms with Crippen LogP contribution in [0.2, 0.25) is 0 Å². The molecule has 0 saturated carbocycles. The van der Waals surface area contributed by atoms with Gasteiger partial charge in [-0.2, -0.15) is 0 Å². The van der Waals surface area contributed by atoms with Crippen LogP contribution < -0.4 is 0 Å². The SMILES string of the molecule is COCC1OC(C(=O)O)C(O)CC1O. The van der Waals surface area contributed by atoms with Crippen molar-refractivity contribution in [2.45, 2.75) is 30.8 Å². The van der Waals surface area contributed by atoms with Crippen molar-refractivity contribution in [3.63, 3.8) is 0 Å². The lowest BCUT2D eigenvalue weighted by molar-refractivity contribution is -0.199. The third-order valence-electron chi connectivity index (χ3n) is 2.16. The van der Waals surface area contributed by atoms with Crippen molar-refractivity contribution in [2.24, 2.45) is 0 Å². The summed E-state index contributed by atoms with van der Waals surface area (Å²) in [4.78, 5) is 10.6. The van der Waals surface area contributed by atoms with Crippen LogP contribution in [0.15, 0.2) is 0 Å². The molecular formula is C8H14O6. The van der Waals surface area contributed by atoms with E-state index >= 15 is 0 Å². The monoisotopic (exact) mass is 206 g/mol. The molecule has 82 valence electrons. The number of carboxylic acids is 1. The van der Waals surface area contributed by atoms with E-state index < -0.39 is 30.4 Å². The zero-order valence-electron chi connectivity index (χ0n) is 7.79. The maximum atomic E-state index is 10.6. The predicted molar refractivity (Wildman–Crippen MR) is 44.8 cm³/mol. The van der Waals surface area contributed by atoms with E-state index in [1.54, 1.807) is 0 Å². The molecular weight excluding hydrogens is 192 g/mol. The van der Waals surface area contributed by atoms with Crippen LogP contribution in [0.5, 0.6) is 0 Å². The molecule has 0 aromatic carbocycles. The van der Waals surface area contributed by atoms with Gasteiger partial charge in [-0.3, -0.25) is 0 Å². The van der Waals surface area contributed by atoms with E-state index in [9.17, 15) is 15.0 Å². The van der Waals surface area contributed by atoms with Gasteiger partial charge < -0.3 is 24.8 Å². The molecule has 1 aliphatic rings. The van der Waals surface area contributed by atoms with Crippen LogP contribution in [0.25, 0.3) is 0 Å². The van der Waals surface area contributed by atoms with Crippen molar-refractivity contribution < 1.29 is 29.6 Å². The maximum absolute atomic E-state index is 10.6. The topological polar surface area (TPSA) is 96.2 Å². The van der Waals surface area contributed by atoms with Crippen molar-refractivity contribution in [3.05, 3.63) is 0 Å². The summed E-state index contributed by atoms with van der Waals surface area (Å²) >= 11 is 0. The number of hydrogen-bond donors (Lipinski definition) is 3. The quantitative estimate of drug-likeness (QED) is 0.525. The molecule has 0 aromatic rings. The molecule has 0 aliphatic carbocycles. The normalized spacial score (nSPS) is 38.2. The van der Waals surface area contributed by atoms with E-state index in [0.717, 1.165) is 0 Å². The Labute approximate surface area is 81.1 Å². The van der Waals surface area contributed by atoms with Gasteiger partial charge >= 0.3 is 5.97 Å². The van der Waals surface area contributed by atoms with Crippen molar-refractivity contribution >= 4 is 5.97 Å². The van der Waals surface area contributed by atoms with Gasteiger partial charge in [0.15, 0.2) is 6.10 Å². The Morgan fingerprint density at radius 3 is 2.64 bits per heavy atom. The second-order valence-electron chi connectivity index (χ2n) is 3.26. The molecule has 1 fully saturated rings. The fraction of sp³-hybridized carbons (Fsp3) is 0.875. The third kappa shape index (κ3) is 2.42. The largest absolute Gasteiger partial charge is 0.479 e. The molecule has 0 amide bonds. The average Bonchev–Trinajstić information content (AvgIpc) is 2.09. The fourth-order valence-corrected chi connectivity index (χ4v) is 1.43. The summed E-state index contributed by atoms with van der Waals surface area (Å²) in [5, 5.41) is 27.4. The number of rotatable bonds is 3. The molecule has 4 atom stereocenters.